The molecule has 0 bridgehead atoms. The average Bonchev–Trinajstić information content (AvgIpc) is 2.48. The zero-order chi connectivity index (χ0) is 15.2. The van der Waals surface area contributed by atoms with E-state index in [-0.39, 0.29) is 17.7 Å². The lowest BCUT2D eigenvalue weighted by molar-refractivity contribution is 0.501. The summed E-state index contributed by atoms with van der Waals surface area (Å²) in [4.78, 5) is 4.09. The number of hydrogen-bond donors (Lipinski definition) is 1. The van der Waals surface area contributed by atoms with E-state index in [0.717, 1.165) is 13.0 Å². The third kappa shape index (κ3) is 4.48. The number of hydrogen-bond acceptors (Lipinski definition) is 2. The molecule has 0 aliphatic heterocycles. The van der Waals surface area contributed by atoms with Crippen molar-refractivity contribution in [2.45, 2.75) is 25.8 Å². The second-order valence-electron chi connectivity index (χ2n) is 4.85. The molecule has 1 N–H and O–H groups in total. The van der Waals surface area contributed by atoms with Crippen LogP contribution in [0.1, 0.15) is 30.6 Å². The summed E-state index contributed by atoms with van der Waals surface area (Å²) in [7, 11) is 0. The zero-order valence-corrected chi connectivity index (χ0v) is 12.5. The molecule has 0 saturated heterocycles. The molecule has 2 rings (SSSR count). The van der Waals surface area contributed by atoms with Crippen LogP contribution in [0.5, 0.6) is 0 Å². The average molecular weight is 311 g/mol. The number of aromatic nitrogens is 1. The summed E-state index contributed by atoms with van der Waals surface area (Å²) in [6, 6.07) is 7.28. The van der Waals surface area contributed by atoms with Crippen LogP contribution < -0.4 is 5.32 Å². The predicted octanol–water partition coefficient (Wildman–Crippen LogP) is 4.30. The molecule has 5 heteroatoms. The fourth-order valence-electron chi connectivity index (χ4n) is 2.11. The Morgan fingerprint density at radius 1 is 1.24 bits per heavy atom. The molecule has 1 heterocycles. The van der Waals surface area contributed by atoms with E-state index < -0.39 is 0 Å². The van der Waals surface area contributed by atoms with Gasteiger partial charge in [-0.15, -0.1) is 0 Å². The highest BCUT2D eigenvalue weighted by molar-refractivity contribution is 6.30. The number of halogens is 3. The van der Waals surface area contributed by atoms with E-state index in [4.69, 9.17) is 11.6 Å². The van der Waals surface area contributed by atoms with E-state index in [1.807, 2.05) is 6.92 Å². The quantitative estimate of drug-likeness (QED) is 0.860. The van der Waals surface area contributed by atoms with Crippen LogP contribution in [0.4, 0.5) is 8.78 Å². The van der Waals surface area contributed by atoms with E-state index >= 15 is 0 Å². The van der Waals surface area contributed by atoms with E-state index in [0.29, 0.717) is 22.7 Å². The lowest BCUT2D eigenvalue weighted by Crippen LogP contribution is -2.25. The number of nitrogens with one attached hydrogen (secondary N) is 1. The molecule has 112 valence electrons. The predicted molar refractivity (Wildman–Crippen MR) is 80.3 cm³/mol. The van der Waals surface area contributed by atoms with Gasteiger partial charge >= 0.3 is 0 Å². The molecular formula is C16H17ClF2N2. The van der Waals surface area contributed by atoms with Gasteiger partial charge in [-0.2, -0.15) is 0 Å². The van der Waals surface area contributed by atoms with Crippen molar-refractivity contribution < 1.29 is 8.78 Å². The van der Waals surface area contributed by atoms with Crippen LogP contribution in [0.2, 0.25) is 5.02 Å². The molecule has 1 aromatic carbocycles. The van der Waals surface area contributed by atoms with Crippen molar-refractivity contribution in [2.75, 3.05) is 6.54 Å². The van der Waals surface area contributed by atoms with Gasteiger partial charge in [-0.25, -0.2) is 8.78 Å². The summed E-state index contributed by atoms with van der Waals surface area (Å²) in [6.45, 7) is 2.81. The molecule has 0 fully saturated rings. The molecule has 21 heavy (non-hydrogen) atoms. The third-order valence-electron chi connectivity index (χ3n) is 3.18. The molecule has 0 aliphatic rings. The van der Waals surface area contributed by atoms with Crippen LogP contribution in [0, 0.1) is 11.6 Å². The second-order valence-corrected chi connectivity index (χ2v) is 5.28. The molecule has 0 saturated carbocycles. The van der Waals surface area contributed by atoms with Crippen molar-refractivity contribution >= 4 is 11.6 Å². The topological polar surface area (TPSA) is 24.9 Å². The summed E-state index contributed by atoms with van der Waals surface area (Å²) in [6.07, 6.45) is 2.52. The first-order chi connectivity index (χ1) is 10.1. The van der Waals surface area contributed by atoms with Crippen molar-refractivity contribution in [3.63, 3.8) is 0 Å². The first-order valence-corrected chi connectivity index (χ1v) is 7.26. The minimum atomic E-state index is -0.387. The van der Waals surface area contributed by atoms with Crippen LogP contribution >= 0.6 is 11.6 Å². The van der Waals surface area contributed by atoms with Crippen LogP contribution in [0.25, 0.3) is 0 Å². The molecule has 0 amide bonds. The Labute approximate surface area is 128 Å². The van der Waals surface area contributed by atoms with Gasteiger partial charge in [0.15, 0.2) is 0 Å². The van der Waals surface area contributed by atoms with Crippen LogP contribution in [0.3, 0.4) is 0 Å². The van der Waals surface area contributed by atoms with E-state index in [1.165, 1.54) is 24.4 Å². The SMILES string of the molecule is CCCNC(Cc1cc(Cl)ccc1F)c1ccc(F)cn1. The van der Waals surface area contributed by atoms with Gasteiger partial charge in [0, 0.05) is 5.02 Å². The van der Waals surface area contributed by atoms with Gasteiger partial charge in [-0.3, -0.25) is 4.98 Å². The first-order valence-electron chi connectivity index (χ1n) is 6.89. The number of rotatable bonds is 6. The Bertz CT molecular complexity index is 587. The summed E-state index contributed by atoms with van der Waals surface area (Å²) in [5.41, 5.74) is 1.20. The minimum absolute atomic E-state index is 0.182. The monoisotopic (exact) mass is 310 g/mol. The highest BCUT2D eigenvalue weighted by Gasteiger charge is 2.15. The zero-order valence-electron chi connectivity index (χ0n) is 11.7. The molecule has 2 aromatic rings. The maximum absolute atomic E-state index is 13.9. The Hall–Kier alpha value is -1.52. The number of nitrogens with zero attached hydrogens (tertiary/aromatic N) is 1. The second kappa shape index (κ2) is 7.48. The molecule has 1 atom stereocenters. The van der Waals surface area contributed by atoms with Crippen molar-refractivity contribution in [3.8, 4) is 0 Å². The van der Waals surface area contributed by atoms with Crippen LogP contribution in [-0.2, 0) is 6.42 Å². The highest BCUT2D eigenvalue weighted by atomic mass is 35.5. The van der Waals surface area contributed by atoms with Crippen molar-refractivity contribution in [2.24, 2.45) is 0 Å². The van der Waals surface area contributed by atoms with Crippen molar-refractivity contribution in [3.05, 3.63) is 64.4 Å². The molecule has 0 radical (unpaired) electrons. The van der Waals surface area contributed by atoms with Crippen LogP contribution in [0.15, 0.2) is 36.5 Å². The molecule has 0 aliphatic carbocycles. The summed E-state index contributed by atoms with van der Waals surface area (Å²) in [5, 5.41) is 3.80. The van der Waals surface area contributed by atoms with Crippen molar-refractivity contribution in [1.29, 1.82) is 0 Å². The Morgan fingerprint density at radius 3 is 2.71 bits per heavy atom. The smallest absolute Gasteiger partial charge is 0.141 e. The van der Waals surface area contributed by atoms with E-state index in [2.05, 4.69) is 10.3 Å². The van der Waals surface area contributed by atoms with Gasteiger partial charge in [0.1, 0.15) is 11.6 Å². The Kier molecular flexibility index (Phi) is 5.65. The molecule has 2 nitrogen and oxygen atoms in total. The molecule has 1 unspecified atom stereocenters. The van der Waals surface area contributed by atoms with Gasteiger partial charge in [0.2, 0.25) is 0 Å². The maximum atomic E-state index is 13.9. The van der Waals surface area contributed by atoms with Gasteiger partial charge < -0.3 is 5.32 Å². The molecule has 1 aromatic heterocycles. The fourth-order valence-corrected chi connectivity index (χ4v) is 2.31. The van der Waals surface area contributed by atoms with Gasteiger partial charge in [-0.05, 0) is 55.3 Å². The van der Waals surface area contributed by atoms with Crippen molar-refractivity contribution in [1.82, 2.24) is 10.3 Å². The largest absolute Gasteiger partial charge is 0.308 e. The van der Waals surface area contributed by atoms with E-state index in [9.17, 15) is 8.78 Å². The Balaban J connectivity index is 2.23. The molecular weight excluding hydrogens is 294 g/mol. The van der Waals surface area contributed by atoms with Gasteiger partial charge in [0.05, 0.1) is 17.9 Å². The maximum Gasteiger partial charge on any atom is 0.141 e. The minimum Gasteiger partial charge on any atom is -0.308 e. The normalized spacial score (nSPS) is 12.4. The lowest BCUT2D eigenvalue weighted by Gasteiger charge is -2.18. The number of pyridine rings is 1. The third-order valence-corrected chi connectivity index (χ3v) is 3.41. The first kappa shape index (κ1) is 15.9. The highest BCUT2D eigenvalue weighted by Crippen LogP contribution is 2.22. The molecule has 0 spiro atoms. The van der Waals surface area contributed by atoms with Crippen LogP contribution in [-0.4, -0.2) is 11.5 Å². The Morgan fingerprint density at radius 2 is 2.05 bits per heavy atom. The summed E-state index contributed by atoms with van der Waals surface area (Å²) < 4.78 is 26.9. The van der Waals surface area contributed by atoms with Gasteiger partial charge in [0.25, 0.3) is 0 Å². The standard InChI is InChI=1S/C16H17ClF2N2/c1-2-7-20-16(15-6-4-13(18)10-21-15)9-11-8-12(17)3-5-14(11)19/h3-6,8,10,16,20H,2,7,9H2,1H3. The summed E-state index contributed by atoms with van der Waals surface area (Å²) in [5.74, 6) is -0.688. The fraction of sp³-hybridized carbons (Fsp3) is 0.312. The lowest BCUT2D eigenvalue weighted by atomic mass is 10.0. The van der Waals surface area contributed by atoms with Gasteiger partial charge in [-0.1, -0.05) is 18.5 Å². The summed E-state index contributed by atoms with van der Waals surface area (Å²) >= 11 is 5.92. The van der Waals surface area contributed by atoms with E-state index in [1.54, 1.807) is 12.1 Å². The number of benzene rings is 1.